The molecule has 0 aliphatic rings. The molecule has 0 aliphatic carbocycles. The van der Waals surface area contributed by atoms with E-state index < -0.39 is 11.8 Å². The van der Waals surface area contributed by atoms with Crippen LogP contribution < -0.4 is 10.9 Å². The molecule has 0 saturated carbocycles. The Hall–Kier alpha value is -2.57. The van der Waals surface area contributed by atoms with Crippen LogP contribution in [0.4, 0.5) is 14.9 Å². The lowest BCUT2D eigenvalue weighted by Gasteiger charge is -2.26. The van der Waals surface area contributed by atoms with E-state index in [0.29, 0.717) is 21.5 Å². The molecule has 0 unspecified atom stereocenters. The Morgan fingerprint density at radius 1 is 1.19 bits per heavy atom. The maximum Gasteiger partial charge on any atom is 0.322 e. The number of carbonyl (C=O) groups excluding carboxylic acids is 1. The number of nitrogens with one attached hydrogen (secondary N) is 2. The molecule has 1 heterocycles. The maximum absolute atomic E-state index is 13.3. The number of hydrogen-bond donors (Lipinski definition) is 2. The standard InChI is InChI=1S/C19H16Cl2FN3O2/c1-10(15-9-23-18(26)13-5-3-11(20)7-14(13)15)25(2)19(27)24-12-4-6-17(22)16(21)8-12/h3-10H,1-2H3,(H,23,26)(H,24,27)/t10-/m0/s1. The van der Waals surface area contributed by atoms with Crippen LogP contribution in [0.5, 0.6) is 0 Å². The average molecular weight is 408 g/mol. The number of halogens is 3. The molecule has 8 heteroatoms. The first-order valence-electron chi connectivity index (χ1n) is 8.07. The Morgan fingerprint density at radius 2 is 1.93 bits per heavy atom. The third-order valence-corrected chi connectivity index (χ3v) is 4.94. The Kier molecular flexibility index (Phi) is 5.39. The first-order valence-corrected chi connectivity index (χ1v) is 8.83. The lowest BCUT2D eigenvalue weighted by molar-refractivity contribution is 0.208. The lowest BCUT2D eigenvalue weighted by atomic mass is 10.0. The van der Waals surface area contributed by atoms with Gasteiger partial charge in [0, 0.05) is 29.3 Å². The van der Waals surface area contributed by atoms with Gasteiger partial charge in [0.15, 0.2) is 0 Å². The molecular weight excluding hydrogens is 392 g/mol. The second kappa shape index (κ2) is 7.58. The highest BCUT2D eigenvalue weighted by molar-refractivity contribution is 6.31. The molecular formula is C19H16Cl2FN3O2. The molecule has 3 aromatic rings. The summed E-state index contributed by atoms with van der Waals surface area (Å²) in [6.07, 6.45) is 1.57. The highest BCUT2D eigenvalue weighted by Gasteiger charge is 2.20. The molecule has 0 radical (unpaired) electrons. The van der Waals surface area contributed by atoms with Crippen molar-refractivity contribution in [1.29, 1.82) is 0 Å². The molecule has 0 saturated heterocycles. The SMILES string of the molecule is C[C@@H](c1c[nH]c(=O)c2ccc(Cl)cc12)N(C)C(=O)Nc1ccc(F)c(Cl)c1. The molecule has 2 N–H and O–H groups in total. The number of aromatic nitrogens is 1. The Bertz CT molecular complexity index is 1080. The van der Waals surface area contributed by atoms with Crippen molar-refractivity contribution in [2.45, 2.75) is 13.0 Å². The van der Waals surface area contributed by atoms with E-state index in [1.165, 1.54) is 23.1 Å². The molecule has 2 amide bonds. The van der Waals surface area contributed by atoms with Gasteiger partial charge in [-0.15, -0.1) is 0 Å². The number of fused-ring (bicyclic) bond motifs is 1. The summed E-state index contributed by atoms with van der Waals surface area (Å²) in [5.41, 5.74) is 0.882. The number of nitrogens with zero attached hydrogens (tertiary/aromatic N) is 1. The summed E-state index contributed by atoms with van der Waals surface area (Å²) in [5.74, 6) is -0.562. The van der Waals surface area contributed by atoms with Crippen LogP contribution in [0.1, 0.15) is 18.5 Å². The van der Waals surface area contributed by atoms with Crippen molar-refractivity contribution in [3.8, 4) is 0 Å². The molecule has 0 aliphatic heterocycles. The topological polar surface area (TPSA) is 65.2 Å². The van der Waals surface area contributed by atoms with Gasteiger partial charge in [0.05, 0.1) is 11.1 Å². The fourth-order valence-corrected chi connectivity index (χ4v) is 3.12. The molecule has 0 spiro atoms. The highest BCUT2D eigenvalue weighted by atomic mass is 35.5. The van der Waals surface area contributed by atoms with Crippen molar-refractivity contribution in [2.24, 2.45) is 0 Å². The monoisotopic (exact) mass is 407 g/mol. The summed E-state index contributed by atoms with van der Waals surface area (Å²) in [4.78, 5) is 28.8. The molecule has 140 valence electrons. The smallest absolute Gasteiger partial charge is 0.322 e. The average Bonchev–Trinajstić information content (AvgIpc) is 2.63. The summed E-state index contributed by atoms with van der Waals surface area (Å²) in [6.45, 7) is 1.82. The van der Waals surface area contributed by atoms with E-state index in [9.17, 15) is 14.0 Å². The van der Waals surface area contributed by atoms with Crippen molar-refractivity contribution in [3.63, 3.8) is 0 Å². The summed E-state index contributed by atoms with van der Waals surface area (Å²) in [7, 11) is 1.62. The first-order chi connectivity index (χ1) is 12.8. The second-order valence-electron chi connectivity index (χ2n) is 6.11. The zero-order chi connectivity index (χ0) is 19.7. The quantitative estimate of drug-likeness (QED) is 0.626. The van der Waals surface area contributed by atoms with E-state index >= 15 is 0 Å². The van der Waals surface area contributed by atoms with Gasteiger partial charge in [-0.3, -0.25) is 4.79 Å². The van der Waals surface area contributed by atoms with Gasteiger partial charge in [-0.2, -0.15) is 0 Å². The van der Waals surface area contributed by atoms with Crippen LogP contribution in [0.2, 0.25) is 10.0 Å². The van der Waals surface area contributed by atoms with Gasteiger partial charge in [0.25, 0.3) is 5.56 Å². The van der Waals surface area contributed by atoms with E-state index in [2.05, 4.69) is 10.3 Å². The number of benzene rings is 2. The number of H-pyrrole nitrogens is 1. The van der Waals surface area contributed by atoms with Crippen LogP contribution in [0.25, 0.3) is 10.8 Å². The molecule has 2 aromatic carbocycles. The van der Waals surface area contributed by atoms with Gasteiger partial charge in [0.1, 0.15) is 5.82 Å². The second-order valence-corrected chi connectivity index (χ2v) is 6.95. The third-order valence-electron chi connectivity index (χ3n) is 4.42. The van der Waals surface area contributed by atoms with Crippen LogP contribution in [0.15, 0.2) is 47.4 Å². The fraction of sp³-hybridized carbons (Fsp3) is 0.158. The van der Waals surface area contributed by atoms with Crippen LogP contribution in [0.3, 0.4) is 0 Å². The number of anilines is 1. The Morgan fingerprint density at radius 3 is 2.63 bits per heavy atom. The molecule has 0 bridgehead atoms. The van der Waals surface area contributed by atoms with Crippen LogP contribution in [-0.4, -0.2) is 23.0 Å². The van der Waals surface area contributed by atoms with E-state index in [4.69, 9.17) is 23.2 Å². The summed E-state index contributed by atoms with van der Waals surface area (Å²) >= 11 is 11.8. The van der Waals surface area contributed by atoms with Crippen LogP contribution >= 0.6 is 23.2 Å². The van der Waals surface area contributed by atoms with Crippen molar-refractivity contribution in [1.82, 2.24) is 9.88 Å². The van der Waals surface area contributed by atoms with Crippen LogP contribution in [-0.2, 0) is 0 Å². The normalized spacial score (nSPS) is 12.0. The largest absolute Gasteiger partial charge is 0.328 e. The number of carbonyl (C=O) groups is 1. The zero-order valence-corrected chi connectivity index (χ0v) is 16.0. The number of rotatable bonds is 3. The zero-order valence-electron chi connectivity index (χ0n) is 14.5. The number of amides is 2. The summed E-state index contributed by atoms with van der Waals surface area (Å²) < 4.78 is 13.3. The lowest BCUT2D eigenvalue weighted by Crippen LogP contribution is -2.34. The Labute approximate surface area is 164 Å². The van der Waals surface area contributed by atoms with Gasteiger partial charge in [0.2, 0.25) is 0 Å². The molecule has 27 heavy (non-hydrogen) atoms. The molecule has 3 rings (SSSR count). The third kappa shape index (κ3) is 3.91. The number of pyridine rings is 1. The van der Waals surface area contributed by atoms with E-state index in [1.54, 1.807) is 31.4 Å². The fourth-order valence-electron chi connectivity index (χ4n) is 2.77. The van der Waals surface area contributed by atoms with Gasteiger partial charge < -0.3 is 15.2 Å². The maximum atomic E-state index is 13.3. The Balaban J connectivity index is 1.89. The number of aromatic amines is 1. The predicted molar refractivity (Wildman–Crippen MR) is 106 cm³/mol. The van der Waals surface area contributed by atoms with Crippen molar-refractivity contribution in [3.05, 3.63) is 74.4 Å². The predicted octanol–water partition coefficient (Wildman–Crippen LogP) is 5.20. The van der Waals surface area contributed by atoms with Crippen molar-refractivity contribution < 1.29 is 9.18 Å². The summed E-state index contributed by atoms with van der Waals surface area (Å²) in [6, 6.07) is 8.14. The van der Waals surface area contributed by atoms with Crippen molar-refractivity contribution in [2.75, 3.05) is 12.4 Å². The molecule has 1 aromatic heterocycles. The minimum atomic E-state index is -0.562. The minimum absolute atomic E-state index is 0.0789. The van der Waals surface area contributed by atoms with Gasteiger partial charge in [-0.25, -0.2) is 9.18 Å². The van der Waals surface area contributed by atoms with Crippen molar-refractivity contribution >= 4 is 45.7 Å². The highest BCUT2D eigenvalue weighted by Crippen LogP contribution is 2.28. The number of hydrogen-bond acceptors (Lipinski definition) is 2. The van der Waals surface area contributed by atoms with Gasteiger partial charge >= 0.3 is 6.03 Å². The molecule has 1 atom stereocenters. The molecule has 0 fully saturated rings. The first kappa shape index (κ1) is 19.2. The van der Waals surface area contributed by atoms with E-state index in [-0.39, 0.29) is 16.6 Å². The minimum Gasteiger partial charge on any atom is -0.328 e. The van der Waals surface area contributed by atoms with E-state index in [0.717, 1.165) is 5.56 Å². The van der Waals surface area contributed by atoms with Gasteiger partial charge in [-0.1, -0.05) is 23.2 Å². The number of urea groups is 1. The molecule has 5 nitrogen and oxygen atoms in total. The van der Waals surface area contributed by atoms with E-state index in [1.807, 2.05) is 6.92 Å². The van der Waals surface area contributed by atoms with Crippen LogP contribution in [0, 0.1) is 5.82 Å². The summed E-state index contributed by atoms with van der Waals surface area (Å²) in [5, 5.41) is 4.24. The van der Waals surface area contributed by atoms with Gasteiger partial charge in [-0.05, 0) is 54.3 Å².